The van der Waals surface area contributed by atoms with E-state index in [1.165, 1.54) is 0 Å². The van der Waals surface area contributed by atoms with E-state index in [-0.39, 0.29) is 17.0 Å². The van der Waals surface area contributed by atoms with Crippen LogP contribution < -0.4 is 4.74 Å². The second-order valence-corrected chi connectivity index (χ2v) is 8.85. The van der Waals surface area contributed by atoms with Gasteiger partial charge >= 0.3 is 0 Å². The largest absolute Gasteiger partial charge is 0.493 e. The lowest BCUT2D eigenvalue weighted by Crippen LogP contribution is -2.51. The molecule has 0 amide bonds. The summed E-state index contributed by atoms with van der Waals surface area (Å²) in [4.78, 5) is 2.21. The van der Waals surface area contributed by atoms with Crippen molar-refractivity contribution in [1.82, 2.24) is 4.90 Å². The molecule has 1 saturated heterocycles. The van der Waals surface area contributed by atoms with Crippen LogP contribution in [0.3, 0.4) is 0 Å². The molecule has 21 heavy (non-hydrogen) atoms. The van der Waals surface area contributed by atoms with Gasteiger partial charge in [-0.2, -0.15) is 0 Å². The van der Waals surface area contributed by atoms with Crippen LogP contribution in [0.4, 0.5) is 0 Å². The molecule has 1 aromatic carbocycles. The van der Waals surface area contributed by atoms with E-state index in [9.17, 15) is 8.42 Å². The van der Waals surface area contributed by atoms with Gasteiger partial charge < -0.3 is 4.74 Å². The van der Waals surface area contributed by atoms with Gasteiger partial charge in [-0.25, -0.2) is 8.42 Å². The van der Waals surface area contributed by atoms with Gasteiger partial charge in [-0.3, -0.25) is 4.90 Å². The summed E-state index contributed by atoms with van der Waals surface area (Å²) < 4.78 is 29.6. The molecule has 0 aromatic heterocycles. The van der Waals surface area contributed by atoms with Gasteiger partial charge in [-0.15, -0.1) is 0 Å². The Morgan fingerprint density at radius 3 is 2.90 bits per heavy atom. The lowest BCUT2D eigenvalue weighted by atomic mass is 10.1. The predicted octanol–water partition coefficient (Wildman–Crippen LogP) is 2.28. The van der Waals surface area contributed by atoms with Crippen LogP contribution in [-0.2, 0) is 22.8 Å². The van der Waals surface area contributed by atoms with Crippen molar-refractivity contribution >= 4 is 21.4 Å². The molecule has 0 radical (unpaired) electrons. The smallest absolute Gasteiger partial charge is 0.155 e. The number of fused-ring (bicyclic) bond motifs is 1. The fourth-order valence-electron chi connectivity index (χ4n) is 3.14. The number of ether oxygens (including phenoxy) is 1. The molecule has 4 nitrogen and oxygen atoms in total. The van der Waals surface area contributed by atoms with Crippen LogP contribution in [0.2, 0.25) is 5.02 Å². The van der Waals surface area contributed by atoms with E-state index in [1.54, 1.807) is 6.92 Å². The molecule has 2 aliphatic heterocycles. The summed E-state index contributed by atoms with van der Waals surface area (Å²) in [5.74, 6) is 1.16. The van der Waals surface area contributed by atoms with E-state index in [4.69, 9.17) is 16.3 Å². The average molecular weight is 330 g/mol. The van der Waals surface area contributed by atoms with Crippen molar-refractivity contribution in [2.24, 2.45) is 0 Å². The molecule has 2 atom stereocenters. The number of hydrogen-bond acceptors (Lipinski definition) is 4. The lowest BCUT2D eigenvalue weighted by molar-refractivity contribution is 0.195. The average Bonchev–Trinajstić information content (AvgIpc) is 2.88. The summed E-state index contributed by atoms with van der Waals surface area (Å²) in [6.45, 7) is 5.72. The molecule has 0 saturated carbocycles. The van der Waals surface area contributed by atoms with E-state index in [1.807, 2.05) is 19.1 Å². The maximum Gasteiger partial charge on any atom is 0.155 e. The third-order valence-electron chi connectivity index (χ3n) is 4.68. The zero-order valence-electron chi connectivity index (χ0n) is 12.3. The lowest BCUT2D eigenvalue weighted by Gasteiger charge is -2.37. The first-order chi connectivity index (χ1) is 9.88. The summed E-state index contributed by atoms with van der Waals surface area (Å²) >= 11 is 6.19. The molecule has 1 aromatic rings. The van der Waals surface area contributed by atoms with Crippen LogP contribution in [0, 0.1) is 0 Å². The second kappa shape index (κ2) is 5.45. The number of halogens is 1. The molecule has 0 N–H and O–H groups in total. The summed E-state index contributed by atoms with van der Waals surface area (Å²) in [6, 6.07) is 3.89. The molecule has 2 aliphatic rings. The van der Waals surface area contributed by atoms with Gasteiger partial charge in [0.2, 0.25) is 0 Å². The van der Waals surface area contributed by atoms with Crippen molar-refractivity contribution < 1.29 is 13.2 Å². The topological polar surface area (TPSA) is 46.6 Å². The van der Waals surface area contributed by atoms with E-state index < -0.39 is 9.84 Å². The molecule has 0 unspecified atom stereocenters. The highest BCUT2D eigenvalue weighted by Gasteiger charge is 2.36. The van der Waals surface area contributed by atoms with E-state index in [0.717, 1.165) is 28.3 Å². The SMILES string of the molecule is C[C@@H]1[C@@H](C)S(=O)(=O)CCN1Cc1cc(Cl)cc2c1OCC2. The van der Waals surface area contributed by atoms with Gasteiger partial charge in [0, 0.05) is 36.1 Å². The molecule has 0 aliphatic carbocycles. The molecular formula is C15H20ClNO3S. The number of rotatable bonds is 2. The normalized spacial score (nSPS) is 28.1. The first kappa shape index (κ1) is 15.1. The van der Waals surface area contributed by atoms with E-state index in [2.05, 4.69) is 4.90 Å². The van der Waals surface area contributed by atoms with Gasteiger partial charge in [-0.05, 0) is 31.5 Å². The van der Waals surface area contributed by atoms with Crippen molar-refractivity contribution in [1.29, 1.82) is 0 Å². The Kier molecular flexibility index (Phi) is 3.93. The second-order valence-electron chi connectivity index (χ2n) is 5.93. The fraction of sp³-hybridized carbons (Fsp3) is 0.600. The standard InChI is InChI=1S/C15H20ClNO3S/c1-10-11(2)21(18,19)6-4-17(10)9-13-8-14(16)7-12-3-5-20-15(12)13/h7-8,10-11H,3-6,9H2,1-2H3/t10-,11-/m1/s1. The van der Waals surface area contributed by atoms with Crippen molar-refractivity contribution in [2.45, 2.75) is 38.1 Å². The number of nitrogens with zero attached hydrogens (tertiary/aromatic N) is 1. The molecule has 116 valence electrons. The number of sulfone groups is 1. The van der Waals surface area contributed by atoms with E-state index in [0.29, 0.717) is 19.7 Å². The molecule has 0 spiro atoms. The van der Waals surface area contributed by atoms with E-state index >= 15 is 0 Å². The number of benzene rings is 1. The Morgan fingerprint density at radius 2 is 2.14 bits per heavy atom. The zero-order valence-corrected chi connectivity index (χ0v) is 13.9. The predicted molar refractivity (Wildman–Crippen MR) is 83.8 cm³/mol. The highest BCUT2D eigenvalue weighted by molar-refractivity contribution is 7.92. The summed E-state index contributed by atoms with van der Waals surface area (Å²) in [5, 5.41) is 0.388. The Labute approximate surface area is 131 Å². The van der Waals surface area contributed by atoms with Gasteiger partial charge in [0.25, 0.3) is 0 Å². The minimum absolute atomic E-state index is 0.000199. The summed E-state index contributed by atoms with van der Waals surface area (Å²) in [6.07, 6.45) is 0.892. The molecule has 0 bridgehead atoms. The highest BCUT2D eigenvalue weighted by atomic mass is 35.5. The van der Waals surface area contributed by atoms with Crippen LogP contribution >= 0.6 is 11.6 Å². The molecule has 3 rings (SSSR count). The van der Waals surface area contributed by atoms with Crippen molar-refractivity contribution in [3.05, 3.63) is 28.3 Å². The summed E-state index contributed by atoms with van der Waals surface area (Å²) in [5.41, 5.74) is 2.22. The fourth-order valence-corrected chi connectivity index (χ4v) is 5.03. The Hall–Kier alpha value is -0.780. The van der Waals surface area contributed by atoms with Crippen molar-refractivity contribution in [3.63, 3.8) is 0 Å². The van der Waals surface area contributed by atoms with Crippen molar-refractivity contribution in [3.8, 4) is 5.75 Å². The Bertz CT molecular complexity index is 659. The third kappa shape index (κ3) is 2.79. The van der Waals surface area contributed by atoms with Crippen LogP contribution in [0.15, 0.2) is 12.1 Å². The monoisotopic (exact) mass is 329 g/mol. The molecule has 1 fully saturated rings. The maximum absolute atomic E-state index is 12.0. The van der Waals surface area contributed by atoms with Crippen LogP contribution in [0.25, 0.3) is 0 Å². The van der Waals surface area contributed by atoms with Crippen molar-refractivity contribution in [2.75, 3.05) is 18.9 Å². The van der Waals surface area contributed by atoms with Crippen LogP contribution in [0.5, 0.6) is 5.75 Å². The number of hydrogen-bond donors (Lipinski definition) is 0. The minimum atomic E-state index is -2.95. The maximum atomic E-state index is 12.0. The first-order valence-electron chi connectivity index (χ1n) is 7.28. The van der Waals surface area contributed by atoms with Crippen LogP contribution in [0.1, 0.15) is 25.0 Å². The Morgan fingerprint density at radius 1 is 1.38 bits per heavy atom. The van der Waals surface area contributed by atoms with Crippen LogP contribution in [-0.4, -0.2) is 43.5 Å². The van der Waals surface area contributed by atoms with Gasteiger partial charge in [0.15, 0.2) is 9.84 Å². The van der Waals surface area contributed by atoms with Gasteiger partial charge in [0.1, 0.15) is 5.75 Å². The zero-order chi connectivity index (χ0) is 15.2. The Balaban J connectivity index is 1.85. The molecular weight excluding hydrogens is 310 g/mol. The molecule has 2 heterocycles. The third-order valence-corrected chi connectivity index (χ3v) is 7.18. The first-order valence-corrected chi connectivity index (χ1v) is 9.37. The quantitative estimate of drug-likeness (QED) is 0.835. The molecule has 6 heteroatoms. The highest BCUT2D eigenvalue weighted by Crippen LogP contribution is 2.34. The summed E-state index contributed by atoms with van der Waals surface area (Å²) in [7, 11) is -2.95. The van der Waals surface area contributed by atoms with Gasteiger partial charge in [-0.1, -0.05) is 11.6 Å². The van der Waals surface area contributed by atoms with Gasteiger partial charge in [0.05, 0.1) is 17.6 Å². The minimum Gasteiger partial charge on any atom is -0.493 e.